The zero-order valence-electron chi connectivity index (χ0n) is 8.64. The molecule has 0 atom stereocenters. The molecular formula is C10H9ClN4O2. The molecule has 0 radical (unpaired) electrons. The van der Waals surface area contributed by atoms with E-state index in [0.717, 1.165) is 0 Å². The molecule has 0 aliphatic rings. The average molecular weight is 253 g/mol. The number of carbonyl (C=O) groups is 1. The van der Waals surface area contributed by atoms with Crippen molar-refractivity contribution in [1.82, 2.24) is 15.2 Å². The van der Waals surface area contributed by atoms with Gasteiger partial charge in [-0.05, 0) is 12.1 Å². The van der Waals surface area contributed by atoms with Crippen molar-refractivity contribution in [2.45, 2.75) is 6.54 Å². The van der Waals surface area contributed by atoms with E-state index in [2.05, 4.69) is 20.5 Å². The lowest BCUT2D eigenvalue weighted by Crippen LogP contribution is -2.06. The molecule has 0 bridgehead atoms. The number of hydrogen-bond donors (Lipinski definition) is 3. The van der Waals surface area contributed by atoms with E-state index < -0.39 is 5.97 Å². The summed E-state index contributed by atoms with van der Waals surface area (Å²) in [6.45, 7) is 0.309. The summed E-state index contributed by atoms with van der Waals surface area (Å²) in [6, 6.07) is 3.50. The van der Waals surface area contributed by atoms with Crippen LogP contribution in [0.15, 0.2) is 24.5 Å². The Morgan fingerprint density at radius 3 is 3.12 bits per heavy atom. The van der Waals surface area contributed by atoms with E-state index in [0.29, 0.717) is 22.9 Å². The van der Waals surface area contributed by atoms with E-state index >= 15 is 0 Å². The van der Waals surface area contributed by atoms with Crippen molar-refractivity contribution in [2.75, 3.05) is 5.32 Å². The van der Waals surface area contributed by atoms with Crippen LogP contribution in [-0.2, 0) is 6.54 Å². The normalized spacial score (nSPS) is 10.2. The molecule has 3 N–H and O–H groups in total. The lowest BCUT2D eigenvalue weighted by molar-refractivity contribution is 0.0689. The predicted molar refractivity (Wildman–Crippen MR) is 62.1 cm³/mol. The number of H-pyrrole nitrogens is 1. The van der Waals surface area contributed by atoms with E-state index in [9.17, 15) is 4.79 Å². The van der Waals surface area contributed by atoms with Crippen LogP contribution in [0.25, 0.3) is 0 Å². The van der Waals surface area contributed by atoms with Gasteiger partial charge in [0.1, 0.15) is 5.69 Å². The number of nitrogens with one attached hydrogen (secondary N) is 2. The molecule has 2 rings (SSSR count). The zero-order chi connectivity index (χ0) is 12.3. The SMILES string of the molecule is O=C(O)c1[nH]ncc1CNc1cccnc1Cl. The number of anilines is 1. The fourth-order valence-electron chi connectivity index (χ4n) is 1.34. The van der Waals surface area contributed by atoms with Crippen LogP contribution < -0.4 is 5.32 Å². The largest absolute Gasteiger partial charge is 0.477 e. The van der Waals surface area contributed by atoms with Gasteiger partial charge in [-0.1, -0.05) is 11.6 Å². The van der Waals surface area contributed by atoms with Crippen LogP contribution in [0.1, 0.15) is 16.1 Å². The maximum Gasteiger partial charge on any atom is 0.354 e. The molecule has 7 heteroatoms. The number of aromatic amines is 1. The summed E-state index contributed by atoms with van der Waals surface area (Å²) < 4.78 is 0. The number of carboxylic acids is 1. The molecule has 0 aliphatic carbocycles. The molecule has 0 fully saturated rings. The van der Waals surface area contributed by atoms with E-state index in [1.54, 1.807) is 18.3 Å². The van der Waals surface area contributed by atoms with Gasteiger partial charge in [0.15, 0.2) is 5.15 Å². The lowest BCUT2D eigenvalue weighted by atomic mass is 10.2. The number of pyridine rings is 1. The van der Waals surface area contributed by atoms with Gasteiger partial charge in [0.2, 0.25) is 0 Å². The van der Waals surface area contributed by atoms with Gasteiger partial charge in [0, 0.05) is 18.3 Å². The molecule has 88 valence electrons. The van der Waals surface area contributed by atoms with Crippen LogP contribution in [0.3, 0.4) is 0 Å². The van der Waals surface area contributed by atoms with E-state index in [4.69, 9.17) is 16.7 Å². The van der Waals surface area contributed by atoms with E-state index in [1.807, 2.05) is 0 Å². The van der Waals surface area contributed by atoms with Crippen LogP contribution in [0, 0.1) is 0 Å². The molecule has 0 aromatic carbocycles. The standard InChI is InChI=1S/C10H9ClN4O2/c11-9-7(2-1-3-12-9)13-4-6-5-14-15-8(6)10(16)17/h1-3,5,13H,4H2,(H,14,15)(H,16,17). The molecule has 0 amide bonds. The molecular weight excluding hydrogens is 244 g/mol. The third-order valence-corrected chi connectivity index (χ3v) is 2.46. The first-order chi connectivity index (χ1) is 8.18. The second-order valence-corrected chi connectivity index (χ2v) is 3.63. The first kappa shape index (κ1) is 11.4. The average Bonchev–Trinajstić information content (AvgIpc) is 2.76. The number of nitrogens with zero attached hydrogens (tertiary/aromatic N) is 2. The molecule has 0 saturated carbocycles. The number of carboxylic acid groups (broad SMARTS) is 1. The summed E-state index contributed by atoms with van der Waals surface area (Å²) in [5, 5.41) is 18.3. The first-order valence-electron chi connectivity index (χ1n) is 4.78. The quantitative estimate of drug-likeness (QED) is 0.722. The topological polar surface area (TPSA) is 90.9 Å². The molecule has 0 unspecified atom stereocenters. The maximum atomic E-state index is 10.8. The third-order valence-electron chi connectivity index (χ3n) is 2.16. The van der Waals surface area contributed by atoms with E-state index in [1.165, 1.54) is 6.20 Å². The number of halogens is 1. The zero-order valence-corrected chi connectivity index (χ0v) is 9.40. The Balaban J connectivity index is 2.10. The Hall–Kier alpha value is -2.08. The highest BCUT2D eigenvalue weighted by atomic mass is 35.5. The minimum absolute atomic E-state index is 0.0671. The molecule has 2 aromatic rings. The van der Waals surface area contributed by atoms with Gasteiger partial charge in [-0.3, -0.25) is 5.10 Å². The van der Waals surface area contributed by atoms with Crippen molar-refractivity contribution in [3.05, 3.63) is 40.9 Å². The molecule has 0 saturated heterocycles. The van der Waals surface area contributed by atoms with Crippen molar-refractivity contribution in [3.8, 4) is 0 Å². The number of rotatable bonds is 4. The minimum Gasteiger partial charge on any atom is -0.477 e. The summed E-state index contributed by atoms with van der Waals surface area (Å²) in [5.41, 5.74) is 1.27. The van der Waals surface area contributed by atoms with Crippen LogP contribution in [-0.4, -0.2) is 26.3 Å². The molecule has 17 heavy (non-hydrogen) atoms. The fraction of sp³-hybridized carbons (Fsp3) is 0.100. The smallest absolute Gasteiger partial charge is 0.354 e. The number of aromatic nitrogens is 3. The Bertz CT molecular complexity index is 541. The highest BCUT2D eigenvalue weighted by Gasteiger charge is 2.12. The molecule has 0 aliphatic heterocycles. The fourth-order valence-corrected chi connectivity index (χ4v) is 1.52. The Morgan fingerprint density at radius 2 is 2.41 bits per heavy atom. The van der Waals surface area contributed by atoms with Crippen molar-refractivity contribution >= 4 is 23.3 Å². The Kier molecular flexibility index (Phi) is 3.24. The molecule has 2 aromatic heterocycles. The van der Waals surface area contributed by atoms with Gasteiger partial charge < -0.3 is 10.4 Å². The summed E-state index contributed by atoms with van der Waals surface area (Å²) >= 11 is 5.85. The monoisotopic (exact) mass is 252 g/mol. The Labute approximate surface area is 102 Å². The van der Waals surface area contributed by atoms with E-state index in [-0.39, 0.29) is 5.69 Å². The van der Waals surface area contributed by atoms with Crippen LogP contribution in [0.2, 0.25) is 5.15 Å². The van der Waals surface area contributed by atoms with Crippen molar-refractivity contribution < 1.29 is 9.90 Å². The first-order valence-corrected chi connectivity index (χ1v) is 5.16. The predicted octanol–water partition coefficient (Wildman–Crippen LogP) is 1.77. The molecule has 6 nitrogen and oxygen atoms in total. The minimum atomic E-state index is -1.04. The summed E-state index contributed by atoms with van der Waals surface area (Å²) in [5.74, 6) is -1.04. The van der Waals surface area contributed by atoms with Crippen LogP contribution in [0.5, 0.6) is 0 Å². The van der Waals surface area contributed by atoms with Gasteiger partial charge >= 0.3 is 5.97 Å². The van der Waals surface area contributed by atoms with Gasteiger partial charge in [-0.2, -0.15) is 5.10 Å². The van der Waals surface area contributed by atoms with Gasteiger partial charge in [-0.25, -0.2) is 9.78 Å². The second kappa shape index (κ2) is 4.84. The highest BCUT2D eigenvalue weighted by molar-refractivity contribution is 6.31. The summed E-state index contributed by atoms with van der Waals surface area (Å²) in [4.78, 5) is 14.7. The second-order valence-electron chi connectivity index (χ2n) is 3.27. The Morgan fingerprint density at radius 1 is 1.59 bits per heavy atom. The molecule has 0 spiro atoms. The van der Waals surface area contributed by atoms with Crippen LogP contribution in [0.4, 0.5) is 5.69 Å². The third kappa shape index (κ3) is 2.54. The van der Waals surface area contributed by atoms with Gasteiger partial charge in [0.05, 0.1) is 11.9 Å². The van der Waals surface area contributed by atoms with Crippen LogP contribution >= 0.6 is 11.6 Å². The van der Waals surface area contributed by atoms with Crippen molar-refractivity contribution in [3.63, 3.8) is 0 Å². The lowest BCUT2D eigenvalue weighted by Gasteiger charge is -2.06. The number of hydrogen-bond acceptors (Lipinski definition) is 4. The number of aromatic carboxylic acids is 1. The van der Waals surface area contributed by atoms with Gasteiger partial charge in [-0.15, -0.1) is 0 Å². The summed E-state index contributed by atoms with van der Waals surface area (Å²) in [6.07, 6.45) is 3.04. The highest BCUT2D eigenvalue weighted by Crippen LogP contribution is 2.18. The van der Waals surface area contributed by atoms with Crippen molar-refractivity contribution in [1.29, 1.82) is 0 Å². The molecule has 2 heterocycles. The maximum absolute atomic E-state index is 10.8. The van der Waals surface area contributed by atoms with Gasteiger partial charge in [0.25, 0.3) is 0 Å². The summed E-state index contributed by atoms with van der Waals surface area (Å²) in [7, 11) is 0. The van der Waals surface area contributed by atoms with Crippen molar-refractivity contribution in [2.24, 2.45) is 0 Å².